The lowest BCUT2D eigenvalue weighted by Crippen LogP contribution is -2.50. The number of carbonyl (C=O) groups excluding carboxylic acids is 1. The van der Waals surface area contributed by atoms with E-state index < -0.39 is 35.2 Å². The molecule has 0 radical (unpaired) electrons. The molecule has 1 amide bonds. The van der Waals surface area contributed by atoms with Crippen LogP contribution in [0.3, 0.4) is 0 Å². The van der Waals surface area contributed by atoms with Crippen molar-refractivity contribution in [3.05, 3.63) is 53.1 Å². The van der Waals surface area contributed by atoms with Gasteiger partial charge in [0.1, 0.15) is 17.6 Å². The molecule has 0 saturated carbocycles. The van der Waals surface area contributed by atoms with E-state index in [2.05, 4.69) is 9.72 Å². The van der Waals surface area contributed by atoms with Crippen molar-refractivity contribution >= 4 is 11.6 Å². The average molecular weight is 363 g/mol. The number of amides is 1. The number of nitrogens with zero attached hydrogens (tertiary/aromatic N) is 3. The number of anilines is 1. The molecule has 0 saturated heterocycles. The van der Waals surface area contributed by atoms with Gasteiger partial charge in [-0.05, 0) is 36.8 Å². The van der Waals surface area contributed by atoms with Crippen molar-refractivity contribution in [1.82, 2.24) is 4.98 Å². The standard InChI is InChI=1S/C17H12F3N3O3/c1-9(24)14-12(18)2-3-13-15(14)26-17(19,20)16(25)23(13)8-10-4-5-22-11(6-10)7-21/h2-6,9,24H,8H2,1H3. The molecule has 1 atom stereocenters. The van der Waals surface area contributed by atoms with E-state index in [-0.39, 0.29) is 17.9 Å². The maximum atomic E-state index is 14.1. The second-order valence-corrected chi connectivity index (χ2v) is 5.66. The number of hydrogen-bond acceptors (Lipinski definition) is 5. The monoisotopic (exact) mass is 363 g/mol. The molecule has 0 fully saturated rings. The number of halogens is 3. The maximum absolute atomic E-state index is 14.1. The maximum Gasteiger partial charge on any atom is 0.483 e. The van der Waals surface area contributed by atoms with Gasteiger partial charge in [0, 0.05) is 6.20 Å². The van der Waals surface area contributed by atoms with Gasteiger partial charge in [0.15, 0.2) is 5.75 Å². The highest BCUT2D eigenvalue weighted by atomic mass is 19.3. The van der Waals surface area contributed by atoms with Gasteiger partial charge in [0.2, 0.25) is 0 Å². The molecule has 3 rings (SSSR count). The van der Waals surface area contributed by atoms with Gasteiger partial charge in [-0.15, -0.1) is 0 Å². The van der Waals surface area contributed by atoms with Gasteiger partial charge in [-0.3, -0.25) is 9.69 Å². The fraction of sp³-hybridized carbons (Fsp3) is 0.235. The minimum Gasteiger partial charge on any atom is -0.422 e. The van der Waals surface area contributed by atoms with Crippen LogP contribution in [0.1, 0.15) is 29.8 Å². The van der Waals surface area contributed by atoms with Crippen LogP contribution in [0.2, 0.25) is 0 Å². The van der Waals surface area contributed by atoms with Crippen LogP contribution in [0.15, 0.2) is 30.5 Å². The van der Waals surface area contributed by atoms with Crippen molar-refractivity contribution in [3.8, 4) is 11.8 Å². The predicted octanol–water partition coefficient (Wildman–Crippen LogP) is 2.66. The van der Waals surface area contributed by atoms with Crippen molar-refractivity contribution in [2.45, 2.75) is 25.7 Å². The van der Waals surface area contributed by atoms with Crippen LogP contribution >= 0.6 is 0 Å². The van der Waals surface area contributed by atoms with Gasteiger partial charge < -0.3 is 9.84 Å². The number of hydrogen-bond donors (Lipinski definition) is 1. The highest BCUT2D eigenvalue weighted by molar-refractivity contribution is 6.01. The normalized spacial score (nSPS) is 16.5. The van der Waals surface area contributed by atoms with E-state index in [4.69, 9.17) is 5.26 Å². The second-order valence-electron chi connectivity index (χ2n) is 5.66. The third-order valence-corrected chi connectivity index (χ3v) is 3.83. The minimum absolute atomic E-state index is 0.0546. The fourth-order valence-corrected chi connectivity index (χ4v) is 2.68. The summed E-state index contributed by atoms with van der Waals surface area (Å²) in [6, 6.07) is 6.70. The van der Waals surface area contributed by atoms with E-state index in [9.17, 15) is 23.1 Å². The summed E-state index contributed by atoms with van der Waals surface area (Å²) in [5, 5.41) is 18.6. The summed E-state index contributed by atoms with van der Waals surface area (Å²) in [6.07, 6.45) is -4.35. The van der Waals surface area contributed by atoms with Gasteiger partial charge in [-0.25, -0.2) is 9.37 Å². The molecule has 1 N–H and O–H groups in total. The van der Waals surface area contributed by atoms with Crippen molar-refractivity contribution in [2.75, 3.05) is 4.90 Å². The molecule has 26 heavy (non-hydrogen) atoms. The number of alkyl halides is 2. The van der Waals surface area contributed by atoms with Crippen LogP contribution in [0, 0.1) is 17.1 Å². The summed E-state index contributed by atoms with van der Waals surface area (Å²) < 4.78 is 46.6. The first-order valence-electron chi connectivity index (χ1n) is 7.49. The summed E-state index contributed by atoms with van der Waals surface area (Å²) in [7, 11) is 0. The van der Waals surface area contributed by atoms with E-state index in [1.54, 1.807) is 0 Å². The van der Waals surface area contributed by atoms with Gasteiger partial charge in [-0.1, -0.05) is 0 Å². The molecule has 0 spiro atoms. The van der Waals surface area contributed by atoms with Crippen LogP contribution < -0.4 is 9.64 Å². The first-order valence-corrected chi connectivity index (χ1v) is 7.49. The number of benzene rings is 1. The molecule has 1 aliphatic heterocycles. The zero-order valence-corrected chi connectivity index (χ0v) is 13.4. The van der Waals surface area contributed by atoms with E-state index in [1.165, 1.54) is 25.3 Å². The van der Waals surface area contributed by atoms with Crippen LogP contribution in [0.5, 0.6) is 5.75 Å². The van der Waals surface area contributed by atoms with E-state index in [0.29, 0.717) is 5.56 Å². The molecule has 1 unspecified atom stereocenters. The summed E-state index contributed by atoms with van der Waals surface area (Å²) in [6.45, 7) is 0.885. The molecule has 1 aliphatic rings. The number of aromatic nitrogens is 1. The highest BCUT2D eigenvalue weighted by Crippen LogP contribution is 2.45. The van der Waals surface area contributed by atoms with Gasteiger partial charge >= 0.3 is 12.0 Å². The number of aliphatic hydroxyl groups is 1. The average Bonchev–Trinajstić information content (AvgIpc) is 2.58. The zero-order chi connectivity index (χ0) is 19.1. The predicted molar refractivity (Wildman–Crippen MR) is 82.8 cm³/mol. The molecule has 1 aromatic carbocycles. The van der Waals surface area contributed by atoms with Crippen LogP contribution in [0.25, 0.3) is 0 Å². The lowest BCUT2D eigenvalue weighted by atomic mass is 10.0. The quantitative estimate of drug-likeness (QED) is 0.906. The first-order chi connectivity index (χ1) is 12.2. The third-order valence-electron chi connectivity index (χ3n) is 3.83. The third kappa shape index (κ3) is 2.95. The molecule has 9 heteroatoms. The topological polar surface area (TPSA) is 86.5 Å². The van der Waals surface area contributed by atoms with Crippen molar-refractivity contribution in [1.29, 1.82) is 5.26 Å². The van der Waals surface area contributed by atoms with Crippen molar-refractivity contribution in [2.24, 2.45) is 0 Å². The Morgan fingerprint density at radius 1 is 1.42 bits per heavy atom. The number of fused-ring (bicyclic) bond motifs is 1. The van der Waals surface area contributed by atoms with Crippen LogP contribution in [0.4, 0.5) is 18.9 Å². The molecule has 2 aromatic rings. The smallest absolute Gasteiger partial charge is 0.422 e. The summed E-state index contributed by atoms with van der Waals surface area (Å²) in [4.78, 5) is 16.6. The molecule has 6 nitrogen and oxygen atoms in total. The number of carbonyl (C=O) groups is 1. The Bertz CT molecular complexity index is 925. The Hall–Kier alpha value is -3.12. The molecular weight excluding hydrogens is 351 g/mol. The first kappa shape index (κ1) is 17.7. The SMILES string of the molecule is CC(O)c1c(F)ccc2c1OC(F)(F)C(=O)N2Cc1ccnc(C#N)c1. The number of aliphatic hydroxyl groups excluding tert-OH is 1. The summed E-state index contributed by atoms with van der Waals surface area (Å²) in [5.74, 6) is -3.16. The molecular formula is C17H12F3N3O3. The Morgan fingerprint density at radius 2 is 2.15 bits per heavy atom. The Labute approximate surface area is 146 Å². The van der Waals surface area contributed by atoms with Gasteiger partial charge in [0.05, 0.1) is 23.9 Å². The minimum atomic E-state index is -4.23. The van der Waals surface area contributed by atoms with Crippen LogP contribution in [-0.4, -0.2) is 22.1 Å². The molecule has 0 aliphatic carbocycles. The number of pyridine rings is 1. The number of nitriles is 1. The Morgan fingerprint density at radius 3 is 2.81 bits per heavy atom. The number of ether oxygens (including phenoxy) is 1. The van der Waals surface area contributed by atoms with Gasteiger partial charge in [0.25, 0.3) is 0 Å². The van der Waals surface area contributed by atoms with Crippen molar-refractivity contribution in [3.63, 3.8) is 0 Å². The lowest BCUT2D eigenvalue weighted by molar-refractivity contribution is -0.193. The molecule has 2 heterocycles. The number of rotatable bonds is 3. The lowest BCUT2D eigenvalue weighted by Gasteiger charge is -2.35. The molecule has 134 valence electrons. The van der Waals surface area contributed by atoms with Crippen molar-refractivity contribution < 1.29 is 27.8 Å². The van der Waals surface area contributed by atoms with E-state index in [1.807, 2.05) is 6.07 Å². The summed E-state index contributed by atoms with van der Waals surface area (Å²) >= 11 is 0. The highest BCUT2D eigenvalue weighted by Gasteiger charge is 2.51. The largest absolute Gasteiger partial charge is 0.483 e. The molecule has 0 bridgehead atoms. The second kappa shape index (κ2) is 6.31. The van der Waals surface area contributed by atoms with E-state index in [0.717, 1.165) is 17.0 Å². The fourth-order valence-electron chi connectivity index (χ4n) is 2.68. The summed E-state index contributed by atoms with van der Waals surface area (Å²) in [5.41, 5.74) is -0.142. The Kier molecular flexibility index (Phi) is 4.29. The Balaban J connectivity index is 2.12. The molecule has 1 aromatic heterocycles. The van der Waals surface area contributed by atoms with Gasteiger partial charge in [-0.2, -0.15) is 14.0 Å². The zero-order valence-electron chi connectivity index (χ0n) is 13.4. The van der Waals surface area contributed by atoms with Crippen LogP contribution in [-0.2, 0) is 11.3 Å². The van der Waals surface area contributed by atoms with E-state index >= 15 is 0 Å².